The standard InChI is InChI=1S/C21H23F6N7O3/c1-9(2)28-20(35)37-15-4-3-11(17(15)22)12-6-16(32-31-12)30-19-14-5-10(8-36-21(25,26)27)33-34(14)7-13(29-19)18(23)24/h5-7,9,11,15,17-18H,3-4,8H2,1-2H3,(H,28,35)(H2,29,30,31,32)/t11-,15-,17+/m0/s1. The highest BCUT2D eigenvalue weighted by Gasteiger charge is 2.41. The summed E-state index contributed by atoms with van der Waals surface area (Å²) < 4.78 is 88.8. The van der Waals surface area contributed by atoms with Crippen LogP contribution in [0.1, 0.15) is 56.1 Å². The number of ether oxygens (including phenoxy) is 2. The lowest BCUT2D eigenvalue weighted by atomic mass is 10.0. The van der Waals surface area contributed by atoms with Gasteiger partial charge in [-0.1, -0.05) is 0 Å². The quantitative estimate of drug-likeness (QED) is 0.352. The van der Waals surface area contributed by atoms with Crippen LogP contribution in [0.3, 0.4) is 0 Å². The molecule has 16 heteroatoms. The SMILES string of the molecule is CC(C)NC(=O)O[C@H]1CC[C@@H](c2cc(Nc3nc(C(F)F)cn4nc(COC(F)(F)F)cc34)n[nH]2)[C@H]1F. The number of anilines is 2. The second-order valence-corrected chi connectivity index (χ2v) is 8.72. The number of nitrogens with one attached hydrogen (secondary N) is 3. The molecule has 1 amide bonds. The number of rotatable bonds is 8. The Balaban J connectivity index is 1.51. The number of H-pyrrole nitrogens is 1. The molecular weight excluding hydrogens is 512 g/mol. The normalized spacial score (nSPS) is 20.2. The Kier molecular flexibility index (Phi) is 7.47. The van der Waals surface area contributed by atoms with Crippen LogP contribution in [0, 0.1) is 0 Å². The summed E-state index contributed by atoms with van der Waals surface area (Å²) in [6.45, 7) is 2.55. The molecule has 0 radical (unpaired) electrons. The number of halogens is 6. The number of carbonyl (C=O) groups excluding carboxylic acids is 1. The van der Waals surface area contributed by atoms with E-state index in [2.05, 4.69) is 35.7 Å². The van der Waals surface area contributed by atoms with E-state index in [-0.39, 0.29) is 35.3 Å². The van der Waals surface area contributed by atoms with Gasteiger partial charge < -0.3 is 15.4 Å². The number of hydrogen-bond acceptors (Lipinski definition) is 7. The van der Waals surface area contributed by atoms with Crippen LogP contribution >= 0.6 is 0 Å². The molecule has 3 aromatic rings. The van der Waals surface area contributed by atoms with Gasteiger partial charge in [-0.2, -0.15) is 10.2 Å². The van der Waals surface area contributed by atoms with Gasteiger partial charge in [0, 0.05) is 23.7 Å². The minimum Gasteiger partial charge on any atom is -0.443 e. The van der Waals surface area contributed by atoms with Crippen LogP contribution in [0.15, 0.2) is 18.3 Å². The molecule has 0 aromatic carbocycles. The third kappa shape index (κ3) is 6.42. The molecule has 3 aromatic heterocycles. The largest absolute Gasteiger partial charge is 0.522 e. The average Bonchev–Trinajstić information content (AvgIpc) is 3.50. The lowest BCUT2D eigenvalue weighted by molar-refractivity contribution is -0.330. The summed E-state index contributed by atoms with van der Waals surface area (Å²) >= 11 is 0. The molecule has 1 saturated carbocycles. The van der Waals surface area contributed by atoms with Crippen molar-refractivity contribution in [2.45, 2.75) is 70.3 Å². The third-order valence-electron chi connectivity index (χ3n) is 5.54. The van der Waals surface area contributed by atoms with Crippen molar-refractivity contribution in [1.29, 1.82) is 0 Å². The highest BCUT2D eigenvalue weighted by atomic mass is 19.4. The Hall–Kier alpha value is -3.56. The van der Waals surface area contributed by atoms with E-state index in [1.807, 2.05) is 0 Å². The number of nitrogens with zero attached hydrogens (tertiary/aromatic N) is 4. The summed E-state index contributed by atoms with van der Waals surface area (Å²) in [5, 5.41) is 15.8. The van der Waals surface area contributed by atoms with Crippen molar-refractivity contribution < 1.29 is 40.6 Å². The zero-order valence-corrected chi connectivity index (χ0v) is 19.5. The molecule has 1 aliphatic rings. The Labute approximate surface area is 205 Å². The Morgan fingerprint density at radius 1 is 1.27 bits per heavy atom. The molecule has 0 bridgehead atoms. The van der Waals surface area contributed by atoms with E-state index in [1.54, 1.807) is 13.8 Å². The number of carbonyl (C=O) groups is 1. The van der Waals surface area contributed by atoms with Gasteiger partial charge in [0.05, 0.1) is 11.9 Å². The van der Waals surface area contributed by atoms with Gasteiger partial charge in [-0.3, -0.25) is 9.84 Å². The number of aromatic amines is 1. The molecule has 3 N–H and O–H groups in total. The molecule has 4 rings (SSSR count). The number of alkyl carbamates (subject to hydrolysis) is 1. The fraction of sp³-hybridized carbons (Fsp3) is 0.524. The van der Waals surface area contributed by atoms with E-state index in [0.29, 0.717) is 12.1 Å². The van der Waals surface area contributed by atoms with E-state index < -0.39 is 49.4 Å². The summed E-state index contributed by atoms with van der Waals surface area (Å²) in [6.07, 6.45) is -9.53. The topological polar surface area (TPSA) is 118 Å². The van der Waals surface area contributed by atoms with Crippen LogP contribution in [-0.4, -0.2) is 55.6 Å². The molecule has 0 spiro atoms. The van der Waals surface area contributed by atoms with Gasteiger partial charge in [-0.15, -0.1) is 13.2 Å². The highest BCUT2D eigenvalue weighted by molar-refractivity contribution is 5.72. The van der Waals surface area contributed by atoms with Crippen molar-refractivity contribution in [2.24, 2.45) is 0 Å². The number of aromatic nitrogens is 5. The first-order chi connectivity index (χ1) is 17.4. The lowest BCUT2D eigenvalue weighted by Crippen LogP contribution is -2.36. The van der Waals surface area contributed by atoms with Crippen LogP contribution in [0.4, 0.5) is 42.8 Å². The van der Waals surface area contributed by atoms with Crippen LogP contribution in [0.25, 0.3) is 5.52 Å². The van der Waals surface area contributed by atoms with E-state index in [0.717, 1.165) is 10.7 Å². The zero-order chi connectivity index (χ0) is 26.9. The van der Waals surface area contributed by atoms with Gasteiger partial charge in [0.15, 0.2) is 11.6 Å². The minimum absolute atomic E-state index is 0.0867. The maximum Gasteiger partial charge on any atom is 0.522 e. The first kappa shape index (κ1) is 26.5. The Bertz CT molecular complexity index is 1250. The predicted octanol–water partition coefficient (Wildman–Crippen LogP) is 4.89. The van der Waals surface area contributed by atoms with Gasteiger partial charge in [-0.05, 0) is 32.8 Å². The summed E-state index contributed by atoms with van der Waals surface area (Å²) in [7, 11) is 0. The zero-order valence-electron chi connectivity index (χ0n) is 19.5. The van der Waals surface area contributed by atoms with Crippen LogP contribution in [0.5, 0.6) is 0 Å². The molecular formula is C21H23F6N7O3. The molecule has 3 atom stereocenters. The van der Waals surface area contributed by atoms with Crippen molar-refractivity contribution >= 4 is 23.2 Å². The van der Waals surface area contributed by atoms with E-state index in [1.165, 1.54) is 12.1 Å². The van der Waals surface area contributed by atoms with E-state index >= 15 is 4.39 Å². The first-order valence-corrected chi connectivity index (χ1v) is 11.2. The molecule has 0 saturated heterocycles. The number of fused-ring (bicyclic) bond motifs is 1. The first-order valence-electron chi connectivity index (χ1n) is 11.2. The number of alkyl halides is 6. The predicted molar refractivity (Wildman–Crippen MR) is 116 cm³/mol. The monoisotopic (exact) mass is 535 g/mol. The lowest BCUT2D eigenvalue weighted by Gasteiger charge is -2.18. The summed E-state index contributed by atoms with van der Waals surface area (Å²) in [4.78, 5) is 15.6. The van der Waals surface area contributed by atoms with E-state index in [9.17, 15) is 26.7 Å². The Morgan fingerprint density at radius 3 is 2.70 bits per heavy atom. The van der Waals surface area contributed by atoms with Crippen molar-refractivity contribution in [3.8, 4) is 0 Å². The molecule has 3 heterocycles. The van der Waals surface area contributed by atoms with Crippen molar-refractivity contribution in [3.63, 3.8) is 0 Å². The van der Waals surface area contributed by atoms with Crippen molar-refractivity contribution in [1.82, 2.24) is 30.1 Å². The fourth-order valence-electron chi connectivity index (χ4n) is 3.98. The van der Waals surface area contributed by atoms with Gasteiger partial charge in [-0.25, -0.2) is 27.5 Å². The summed E-state index contributed by atoms with van der Waals surface area (Å²) in [5.74, 6) is -0.725. The summed E-state index contributed by atoms with van der Waals surface area (Å²) in [5.41, 5.74) is -0.394. The molecule has 0 unspecified atom stereocenters. The smallest absolute Gasteiger partial charge is 0.443 e. The minimum atomic E-state index is -4.90. The van der Waals surface area contributed by atoms with Gasteiger partial charge in [0.25, 0.3) is 6.43 Å². The maximum atomic E-state index is 15.0. The van der Waals surface area contributed by atoms with Gasteiger partial charge >= 0.3 is 12.5 Å². The van der Waals surface area contributed by atoms with Crippen LogP contribution in [-0.2, 0) is 16.1 Å². The van der Waals surface area contributed by atoms with Gasteiger partial charge in [0.2, 0.25) is 0 Å². The molecule has 1 aliphatic carbocycles. The van der Waals surface area contributed by atoms with Crippen molar-refractivity contribution in [3.05, 3.63) is 35.4 Å². The molecule has 202 valence electrons. The molecule has 1 fully saturated rings. The molecule has 37 heavy (non-hydrogen) atoms. The number of amides is 1. The van der Waals surface area contributed by atoms with Crippen LogP contribution in [0.2, 0.25) is 0 Å². The van der Waals surface area contributed by atoms with E-state index in [4.69, 9.17) is 4.74 Å². The second kappa shape index (κ2) is 10.4. The maximum absolute atomic E-state index is 15.0. The molecule has 0 aliphatic heterocycles. The van der Waals surface area contributed by atoms with Crippen molar-refractivity contribution in [2.75, 3.05) is 5.32 Å². The fourth-order valence-corrected chi connectivity index (χ4v) is 3.98. The third-order valence-corrected chi connectivity index (χ3v) is 5.54. The van der Waals surface area contributed by atoms with Gasteiger partial charge in [0.1, 0.15) is 30.1 Å². The second-order valence-electron chi connectivity index (χ2n) is 8.72. The highest BCUT2D eigenvalue weighted by Crippen LogP contribution is 2.39. The van der Waals surface area contributed by atoms with Crippen LogP contribution < -0.4 is 10.6 Å². The Morgan fingerprint density at radius 2 is 2.03 bits per heavy atom. The average molecular weight is 535 g/mol. The number of hydrogen-bond donors (Lipinski definition) is 3. The molecule has 10 nitrogen and oxygen atoms in total. The summed E-state index contributed by atoms with van der Waals surface area (Å²) in [6, 6.07) is 2.48.